The van der Waals surface area contributed by atoms with E-state index >= 15 is 0 Å². The lowest BCUT2D eigenvalue weighted by atomic mass is 10.0. The third kappa shape index (κ3) is 3.98. The molecule has 29 heavy (non-hydrogen) atoms. The summed E-state index contributed by atoms with van der Waals surface area (Å²) in [4.78, 5) is 62.5. The van der Waals surface area contributed by atoms with Gasteiger partial charge in [0, 0.05) is 12.1 Å². The highest BCUT2D eigenvalue weighted by Crippen LogP contribution is 2.32. The largest absolute Gasteiger partial charge is 0.458 e. The molecule has 2 heterocycles. The summed E-state index contributed by atoms with van der Waals surface area (Å²) in [5.74, 6) is -2.86. The van der Waals surface area contributed by atoms with Crippen LogP contribution < -0.4 is 10.6 Å². The van der Waals surface area contributed by atoms with Crippen molar-refractivity contribution >= 4 is 35.3 Å². The number of fused-ring (bicyclic) bond motifs is 1. The van der Waals surface area contributed by atoms with Gasteiger partial charge in [0.2, 0.25) is 11.8 Å². The van der Waals surface area contributed by atoms with Gasteiger partial charge in [0.05, 0.1) is 11.1 Å². The molecule has 1 aromatic rings. The molecule has 0 aromatic heterocycles. The Morgan fingerprint density at radius 1 is 1.21 bits per heavy atom. The van der Waals surface area contributed by atoms with Crippen LogP contribution in [0.1, 0.15) is 61.3 Å². The molecule has 0 aliphatic carbocycles. The zero-order valence-electron chi connectivity index (χ0n) is 16.7. The number of imide groups is 2. The average Bonchev–Trinajstić information content (AvgIpc) is 2.86. The topological polar surface area (TPSA) is 122 Å². The summed E-state index contributed by atoms with van der Waals surface area (Å²) >= 11 is 0. The van der Waals surface area contributed by atoms with Crippen molar-refractivity contribution in [3.63, 3.8) is 0 Å². The van der Waals surface area contributed by atoms with Crippen molar-refractivity contribution in [1.29, 1.82) is 0 Å². The first-order chi connectivity index (χ1) is 13.5. The van der Waals surface area contributed by atoms with E-state index in [0.29, 0.717) is 5.69 Å². The van der Waals surface area contributed by atoms with Crippen molar-refractivity contribution in [2.75, 3.05) is 5.32 Å². The predicted molar refractivity (Wildman–Crippen MR) is 102 cm³/mol. The summed E-state index contributed by atoms with van der Waals surface area (Å²) in [7, 11) is 0. The lowest BCUT2D eigenvalue weighted by Gasteiger charge is -2.28. The molecule has 2 aliphatic heterocycles. The van der Waals surface area contributed by atoms with Crippen LogP contribution in [0.4, 0.5) is 5.69 Å². The molecule has 9 nitrogen and oxygen atoms in total. The Morgan fingerprint density at radius 3 is 2.52 bits per heavy atom. The van der Waals surface area contributed by atoms with Gasteiger partial charge in [0.1, 0.15) is 17.7 Å². The first kappa shape index (κ1) is 20.5. The van der Waals surface area contributed by atoms with Gasteiger partial charge in [-0.2, -0.15) is 0 Å². The van der Waals surface area contributed by atoms with E-state index in [4.69, 9.17) is 4.74 Å². The molecule has 0 radical (unpaired) electrons. The minimum Gasteiger partial charge on any atom is -0.458 e. The highest BCUT2D eigenvalue weighted by Gasteiger charge is 2.45. The molecule has 1 saturated heterocycles. The molecule has 1 unspecified atom stereocenters. The summed E-state index contributed by atoms with van der Waals surface area (Å²) < 4.78 is 5.33. The van der Waals surface area contributed by atoms with Crippen molar-refractivity contribution in [2.45, 2.75) is 58.2 Å². The molecule has 1 aromatic carbocycles. The van der Waals surface area contributed by atoms with E-state index in [1.807, 2.05) is 0 Å². The van der Waals surface area contributed by atoms with Gasteiger partial charge in [-0.1, -0.05) is 6.07 Å². The molecule has 0 spiro atoms. The third-order valence-electron chi connectivity index (χ3n) is 4.60. The van der Waals surface area contributed by atoms with Gasteiger partial charge < -0.3 is 10.1 Å². The number of rotatable bonds is 4. The van der Waals surface area contributed by atoms with Crippen molar-refractivity contribution in [2.24, 2.45) is 0 Å². The van der Waals surface area contributed by atoms with Crippen LogP contribution >= 0.6 is 0 Å². The molecule has 4 amide bonds. The maximum Gasteiger partial charge on any atom is 0.328 e. The second-order valence-electron chi connectivity index (χ2n) is 8.07. The van der Waals surface area contributed by atoms with E-state index in [-0.39, 0.29) is 24.0 Å². The Balaban J connectivity index is 1.86. The number of piperidine rings is 1. The number of benzene rings is 1. The number of anilines is 1. The van der Waals surface area contributed by atoms with Crippen LogP contribution in [0.2, 0.25) is 0 Å². The summed E-state index contributed by atoms with van der Waals surface area (Å²) in [6.07, 6.45) is 0.123. The Bertz CT molecular complexity index is 917. The smallest absolute Gasteiger partial charge is 0.328 e. The molecular weight excluding hydrogens is 378 g/mol. The van der Waals surface area contributed by atoms with Crippen molar-refractivity contribution < 1.29 is 28.7 Å². The molecule has 0 bridgehead atoms. The van der Waals surface area contributed by atoms with Crippen LogP contribution in [0.5, 0.6) is 0 Å². The van der Waals surface area contributed by atoms with Gasteiger partial charge in [-0.25, -0.2) is 4.79 Å². The Hall–Kier alpha value is -3.23. The van der Waals surface area contributed by atoms with Gasteiger partial charge >= 0.3 is 5.97 Å². The highest BCUT2D eigenvalue weighted by molar-refractivity contribution is 6.25. The van der Waals surface area contributed by atoms with E-state index < -0.39 is 47.3 Å². The van der Waals surface area contributed by atoms with Crippen molar-refractivity contribution in [1.82, 2.24) is 10.2 Å². The zero-order valence-corrected chi connectivity index (χ0v) is 16.7. The lowest BCUT2D eigenvalue weighted by Crippen LogP contribution is -2.54. The minimum atomic E-state index is -1.05. The highest BCUT2D eigenvalue weighted by atomic mass is 16.6. The predicted octanol–water partition coefficient (Wildman–Crippen LogP) is 1.23. The number of carbonyl (C=O) groups excluding carboxylic acids is 5. The molecule has 2 N–H and O–H groups in total. The fraction of sp³-hybridized carbons (Fsp3) is 0.450. The molecule has 2 aliphatic rings. The van der Waals surface area contributed by atoms with Crippen LogP contribution in [0.3, 0.4) is 0 Å². The standard InChI is InChI=1S/C20H23N3O6/c1-10(19(28)29-20(2,3)4)21-12-7-5-6-11-15(12)18(27)23(17(11)26)13-8-9-14(24)22-16(13)25/h5-7,10,13,21H,8-9H2,1-4H3,(H,22,24,25)/t10-,13?/m0/s1. The third-order valence-corrected chi connectivity index (χ3v) is 4.60. The summed E-state index contributed by atoms with van der Waals surface area (Å²) in [6.45, 7) is 6.83. The Kier molecular flexibility index (Phi) is 5.16. The monoisotopic (exact) mass is 401 g/mol. The quantitative estimate of drug-likeness (QED) is 0.575. The van der Waals surface area contributed by atoms with Gasteiger partial charge in [-0.15, -0.1) is 0 Å². The van der Waals surface area contributed by atoms with Gasteiger partial charge in [0.25, 0.3) is 11.8 Å². The molecule has 2 atom stereocenters. The van der Waals surface area contributed by atoms with Crippen LogP contribution in [0.15, 0.2) is 18.2 Å². The first-order valence-electron chi connectivity index (χ1n) is 9.33. The summed E-state index contributed by atoms with van der Waals surface area (Å²) in [5, 5.41) is 5.09. The van der Waals surface area contributed by atoms with E-state index in [9.17, 15) is 24.0 Å². The molecule has 0 saturated carbocycles. The van der Waals surface area contributed by atoms with Crippen molar-refractivity contribution in [3.05, 3.63) is 29.3 Å². The van der Waals surface area contributed by atoms with E-state index in [0.717, 1.165) is 4.90 Å². The summed E-state index contributed by atoms with van der Waals surface area (Å²) in [5.41, 5.74) is -0.132. The number of nitrogens with zero attached hydrogens (tertiary/aromatic N) is 1. The van der Waals surface area contributed by atoms with Crippen LogP contribution in [-0.2, 0) is 19.1 Å². The second-order valence-corrected chi connectivity index (χ2v) is 8.07. The van der Waals surface area contributed by atoms with Gasteiger partial charge in [0.15, 0.2) is 0 Å². The fourth-order valence-electron chi connectivity index (χ4n) is 3.32. The van der Waals surface area contributed by atoms with Gasteiger partial charge in [-0.3, -0.25) is 29.4 Å². The molecule has 1 fully saturated rings. The van der Waals surface area contributed by atoms with Crippen LogP contribution in [0.25, 0.3) is 0 Å². The summed E-state index contributed by atoms with van der Waals surface area (Å²) in [6, 6.07) is 2.84. The number of esters is 1. The fourth-order valence-corrected chi connectivity index (χ4v) is 3.32. The number of nitrogens with one attached hydrogen (secondary N) is 2. The number of amides is 4. The van der Waals surface area contributed by atoms with Crippen LogP contribution in [0, 0.1) is 0 Å². The SMILES string of the molecule is C[C@H](Nc1cccc2c1C(=O)N(C1CCC(=O)NC1=O)C2=O)C(=O)OC(C)(C)C. The number of ether oxygens (including phenoxy) is 1. The first-order valence-corrected chi connectivity index (χ1v) is 9.33. The number of hydrogen-bond donors (Lipinski definition) is 2. The lowest BCUT2D eigenvalue weighted by molar-refractivity contribution is -0.155. The number of carbonyl (C=O) groups is 5. The maximum atomic E-state index is 13.0. The maximum absolute atomic E-state index is 13.0. The molecule has 154 valence electrons. The van der Waals surface area contributed by atoms with Gasteiger partial charge in [-0.05, 0) is 46.2 Å². The molecular formula is C20H23N3O6. The van der Waals surface area contributed by atoms with E-state index in [1.54, 1.807) is 39.8 Å². The van der Waals surface area contributed by atoms with Crippen molar-refractivity contribution in [3.8, 4) is 0 Å². The molecule has 3 rings (SSSR count). The Labute approximate surface area is 167 Å². The minimum absolute atomic E-state index is 0.0462. The zero-order chi connectivity index (χ0) is 21.5. The normalized spacial score (nSPS) is 20.3. The molecule has 9 heteroatoms. The Morgan fingerprint density at radius 2 is 1.90 bits per heavy atom. The van der Waals surface area contributed by atoms with E-state index in [2.05, 4.69) is 10.6 Å². The van der Waals surface area contributed by atoms with E-state index in [1.165, 1.54) is 6.07 Å². The van der Waals surface area contributed by atoms with Crippen LogP contribution in [-0.4, -0.2) is 52.2 Å². The second kappa shape index (κ2) is 7.31. The average molecular weight is 401 g/mol. The number of hydrogen-bond acceptors (Lipinski definition) is 7.